The normalized spacial score (nSPS) is 11.1. The van der Waals surface area contributed by atoms with Gasteiger partial charge in [-0.3, -0.25) is 4.72 Å². The van der Waals surface area contributed by atoms with Crippen molar-refractivity contribution in [3.63, 3.8) is 0 Å². The fourth-order valence-electron chi connectivity index (χ4n) is 2.77. The molecule has 33 heavy (non-hydrogen) atoms. The van der Waals surface area contributed by atoms with Gasteiger partial charge in [-0.15, -0.1) is 11.3 Å². The van der Waals surface area contributed by atoms with E-state index in [4.69, 9.17) is 9.47 Å². The number of sulfonamides is 1. The molecule has 12 heteroatoms. The summed E-state index contributed by atoms with van der Waals surface area (Å²) in [7, 11) is -1.09. The predicted octanol–water partition coefficient (Wildman–Crippen LogP) is 4.92. The predicted molar refractivity (Wildman–Crippen MR) is 131 cm³/mol. The van der Waals surface area contributed by atoms with Crippen LogP contribution < -0.4 is 19.5 Å². The molecule has 0 fully saturated rings. The Morgan fingerprint density at radius 3 is 2.33 bits per heavy atom. The van der Waals surface area contributed by atoms with E-state index in [1.165, 1.54) is 43.8 Å². The van der Waals surface area contributed by atoms with Crippen LogP contribution in [0.3, 0.4) is 0 Å². The molecule has 4 aromatic rings. The second-order valence-corrected chi connectivity index (χ2v) is 10.0. The second-order valence-electron chi connectivity index (χ2n) is 6.58. The van der Waals surface area contributed by atoms with Gasteiger partial charge in [-0.2, -0.15) is 9.97 Å². The number of ether oxygens (including phenoxy) is 2. The molecule has 0 radical (unpaired) electrons. The van der Waals surface area contributed by atoms with Gasteiger partial charge in [-0.1, -0.05) is 28.1 Å². The maximum atomic E-state index is 12.8. The van der Waals surface area contributed by atoms with Gasteiger partial charge in [-0.05, 0) is 36.4 Å². The molecule has 170 valence electrons. The van der Waals surface area contributed by atoms with Crippen molar-refractivity contribution < 1.29 is 17.9 Å². The van der Waals surface area contributed by atoms with E-state index in [0.717, 1.165) is 15.7 Å². The van der Waals surface area contributed by atoms with Crippen molar-refractivity contribution in [2.75, 3.05) is 24.3 Å². The third kappa shape index (κ3) is 5.59. The Morgan fingerprint density at radius 1 is 0.939 bits per heavy atom. The van der Waals surface area contributed by atoms with Gasteiger partial charge in [0, 0.05) is 27.2 Å². The van der Waals surface area contributed by atoms with Crippen molar-refractivity contribution in [1.29, 1.82) is 0 Å². The molecule has 0 aliphatic carbocycles. The van der Waals surface area contributed by atoms with Crippen molar-refractivity contribution in [2.24, 2.45) is 0 Å². The Labute approximate surface area is 203 Å². The lowest BCUT2D eigenvalue weighted by Crippen LogP contribution is -2.14. The molecule has 2 aromatic carbocycles. The molecule has 2 aromatic heterocycles. The molecule has 2 heterocycles. The fourth-order valence-corrected chi connectivity index (χ4v) is 4.77. The van der Waals surface area contributed by atoms with Gasteiger partial charge in [-0.25, -0.2) is 13.4 Å². The third-order valence-corrected chi connectivity index (χ3v) is 7.03. The Morgan fingerprint density at radius 2 is 1.67 bits per heavy atom. The minimum Gasteiger partial charge on any atom is -0.481 e. The number of anilines is 3. The molecule has 0 aliphatic heterocycles. The van der Waals surface area contributed by atoms with Crippen molar-refractivity contribution in [3.8, 4) is 23.1 Å². The largest absolute Gasteiger partial charge is 0.481 e. The average Bonchev–Trinajstić information content (AvgIpc) is 3.27. The molecule has 0 saturated carbocycles. The number of hydrogen-bond acceptors (Lipinski definition) is 9. The van der Waals surface area contributed by atoms with Gasteiger partial charge in [0.1, 0.15) is 0 Å². The van der Waals surface area contributed by atoms with E-state index in [0.29, 0.717) is 10.8 Å². The Bertz CT molecular complexity index is 1340. The maximum Gasteiger partial charge on any atom is 0.321 e. The van der Waals surface area contributed by atoms with E-state index in [1.54, 1.807) is 12.1 Å². The number of nitrogens with one attached hydrogen (secondary N) is 2. The van der Waals surface area contributed by atoms with Crippen molar-refractivity contribution in [2.45, 2.75) is 4.90 Å². The minimum atomic E-state index is -3.88. The van der Waals surface area contributed by atoms with E-state index >= 15 is 0 Å². The van der Waals surface area contributed by atoms with E-state index in [2.05, 4.69) is 40.9 Å². The molecule has 0 atom stereocenters. The standard InChI is InChI=1S/C21H18BrN5O4S2/c1-30-19-11-18(25-20(26-19)31-2)27-33(28,29)16-9-7-15(8-10-16)23-21-24-17(12-32-21)13-3-5-14(22)6-4-13/h3-12H,1-2H3,(H,23,24)(H,25,26,27). The minimum absolute atomic E-state index is 0.0162. The first-order chi connectivity index (χ1) is 15.9. The monoisotopic (exact) mass is 547 g/mol. The van der Waals surface area contributed by atoms with Gasteiger partial charge in [0.05, 0.1) is 24.8 Å². The third-order valence-electron chi connectivity index (χ3n) is 4.37. The Hall–Kier alpha value is -3.22. The summed E-state index contributed by atoms with van der Waals surface area (Å²) in [5.74, 6) is 0.203. The van der Waals surface area contributed by atoms with Crippen LogP contribution >= 0.6 is 27.3 Å². The number of aromatic nitrogens is 3. The summed E-state index contributed by atoms with van der Waals surface area (Å²) in [6, 6.07) is 15.5. The van der Waals surface area contributed by atoms with Crippen LogP contribution in [-0.2, 0) is 10.0 Å². The summed E-state index contributed by atoms with van der Waals surface area (Å²) in [4.78, 5) is 12.6. The molecule has 0 bridgehead atoms. The summed E-state index contributed by atoms with van der Waals surface area (Å²) >= 11 is 4.88. The summed E-state index contributed by atoms with van der Waals surface area (Å²) in [5.41, 5.74) is 2.57. The summed E-state index contributed by atoms with van der Waals surface area (Å²) < 4.78 is 39.0. The molecule has 0 aliphatic rings. The second kappa shape index (κ2) is 9.73. The van der Waals surface area contributed by atoms with Crippen LogP contribution in [0.4, 0.5) is 16.6 Å². The molecule has 4 rings (SSSR count). The Kier molecular flexibility index (Phi) is 6.77. The highest BCUT2D eigenvalue weighted by Gasteiger charge is 2.17. The van der Waals surface area contributed by atoms with E-state index in [-0.39, 0.29) is 22.6 Å². The lowest BCUT2D eigenvalue weighted by Gasteiger charge is -2.10. The number of benzene rings is 2. The van der Waals surface area contributed by atoms with Crippen LogP contribution in [-0.4, -0.2) is 37.6 Å². The molecular formula is C21H18BrN5O4S2. The molecule has 0 unspecified atom stereocenters. The highest BCUT2D eigenvalue weighted by atomic mass is 79.9. The van der Waals surface area contributed by atoms with E-state index in [1.807, 2.05) is 29.6 Å². The van der Waals surface area contributed by atoms with Crippen LogP contribution in [0.15, 0.2) is 69.3 Å². The first-order valence-corrected chi connectivity index (χ1v) is 12.6. The fraction of sp³-hybridized carbons (Fsp3) is 0.0952. The number of methoxy groups -OCH3 is 2. The van der Waals surface area contributed by atoms with Crippen LogP contribution in [0.25, 0.3) is 11.3 Å². The number of hydrogen-bond donors (Lipinski definition) is 2. The maximum absolute atomic E-state index is 12.8. The van der Waals surface area contributed by atoms with Gasteiger partial charge >= 0.3 is 6.01 Å². The highest BCUT2D eigenvalue weighted by Crippen LogP contribution is 2.28. The number of halogens is 1. The zero-order valence-electron chi connectivity index (χ0n) is 17.4. The summed E-state index contributed by atoms with van der Waals surface area (Å²) in [5, 5.41) is 5.85. The number of thiazole rings is 1. The van der Waals surface area contributed by atoms with E-state index < -0.39 is 10.0 Å². The zero-order valence-corrected chi connectivity index (χ0v) is 20.7. The molecule has 2 N–H and O–H groups in total. The van der Waals surface area contributed by atoms with Crippen molar-refractivity contribution >= 4 is 53.9 Å². The van der Waals surface area contributed by atoms with E-state index in [9.17, 15) is 8.42 Å². The van der Waals surface area contributed by atoms with Crippen LogP contribution in [0, 0.1) is 0 Å². The summed E-state index contributed by atoms with van der Waals surface area (Å²) in [6.45, 7) is 0. The molecular weight excluding hydrogens is 530 g/mol. The smallest absolute Gasteiger partial charge is 0.321 e. The Balaban J connectivity index is 1.47. The SMILES string of the molecule is COc1cc(NS(=O)(=O)c2ccc(Nc3nc(-c4ccc(Br)cc4)cs3)cc2)nc(OC)n1. The topological polar surface area (TPSA) is 115 Å². The van der Waals surface area contributed by atoms with Crippen LogP contribution in [0.2, 0.25) is 0 Å². The van der Waals surface area contributed by atoms with Gasteiger partial charge < -0.3 is 14.8 Å². The van der Waals surface area contributed by atoms with Crippen molar-refractivity contribution in [1.82, 2.24) is 15.0 Å². The molecule has 0 spiro atoms. The summed E-state index contributed by atoms with van der Waals surface area (Å²) in [6.07, 6.45) is 0. The lowest BCUT2D eigenvalue weighted by molar-refractivity contribution is 0.353. The quantitative estimate of drug-likeness (QED) is 0.319. The molecule has 9 nitrogen and oxygen atoms in total. The van der Waals surface area contributed by atoms with Crippen LogP contribution in [0.1, 0.15) is 0 Å². The molecule has 0 saturated heterocycles. The zero-order chi connectivity index (χ0) is 23.4. The number of nitrogens with zero attached hydrogens (tertiary/aromatic N) is 3. The van der Waals surface area contributed by atoms with Gasteiger partial charge in [0.15, 0.2) is 10.9 Å². The van der Waals surface area contributed by atoms with Crippen LogP contribution in [0.5, 0.6) is 11.9 Å². The first kappa shape index (κ1) is 23.0. The van der Waals surface area contributed by atoms with Gasteiger partial charge in [0.2, 0.25) is 5.88 Å². The van der Waals surface area contributed by atoms with Gasteiger partial charge in [0.25, 0.3) is 10.0 Å². The lowest BCUT2D eigenvalue weighted by atomic mass is 10.2. The molecule has 0 amide bonds. The average molecular weight is 548 g/mol. The number of rotatable bonds is 8. The highest BCUT2D eigenvalue weighted by molar-refractivity contribution is 9.10. The van der Waals surface area contributed by atoms with Crippen molar-refractivity contribution in [3.05, 3.63) is 64.5 Å². The first-order valence-electron chi connectivity index (χ1n) is 9.45.